The quantitative estimate of drug-likeness (QED) is 0.532. The Morgan fingerprint density at radius 3 is 2.43 bits per heavy atom. The summed E-state index contributed by atoms with van der Waals surface area (Å²) in [5, 5.41) is 3.86. The van der Waals surface area contributed by atoms with Gasteiger partial charge in [-0.3, -0.25) is 0 Å². The van der Waals surface area contributed by atoms with Crippen molar-refractivity contribution in [2.75, 3.05) is 5.73 Å². The highest BCUT2D eigenvalue weighted by Gasteiger charge is 1.74. The van der Waals surface area contributed by atoms with Crippen molar-refractivity contribution < 1.29 is 0 Å². The van der Waals surface area contributed by atoms with E-state index in [1.165, 1.54) is 0 Å². The van der Waals surface area contributed by atoms with Gasteiger partial charge in [-0.15, -0.1) is 0 Å². The number of rotatable bonds is 0. The van der Waals surface area contributed by atoms with E-state index in [9.17, 15) is 0 Å². The van der Waals surface area contributed by atoms with Gasteiger partial charge in [0.05, 0.1) is 0 Å². The first-order valence-electron chi connectivity index (χ1n) is 1.67. The zero-order valence-corrected chi connectivity index (χ0v) is 4.48. The molecule has 1 aromatic rings. The van der Waals surface area contributed by atoms with Crippen molar-refractivity contribution in [1.82, 2.24) is 6.15 Å². The lowest BCUT2D eigenvalue weighted by Gasteiger charge is -1.68. The topological polar surface area (TPSA) is 56.5 Å². The van der Waals surface area contributed by atoms with Crippen molar-refractivity contribution in [2.24, 2.45) is 0 Å². The Kier molecular flexibility index (Phi) is 2.40. The molecule has 0 amide bonds. The number of hydrogen-bond donors (Lipinski definition) is 1. The van der Waals surface area contributed by atoms with Gasteiger partial charge in [0.1, 0.15) is 0 Å². The van der Waals surface area contributed by atoms with Crippen LogP contribution in [-0.2, 0) is 0 Å². The van der Waals surface area contributed by atoms with Crippen LogP contribution in [0.25, 0.3) is 0 Å². The third-order valence-electron chi connectivity index (χ3n) is 0.543. The highest BCUT2D eigenvalue weighted by molar-refractivity contribution is 7.08. The molecule has 0 aliphatic carbocycles. The van der Waals surface area contributed by atoms with E-state index in [0.29, 0.717) is 0 Å². The molecule has 2 nitrogen and oxygen atoms in total. The van der Waals surface area contributed by atoms with Gasteiger partial charge in [0.2, 0.25) is 0 Å². The molecule has 0 saturated carbocycles. The van der Waals surface area contributed by atoms with Crippen LogP contribution in [0.5, 0.6) is 0 Å². The molecule has 0 unspecified atom stereocenters. The third-order valence-corrected chi connectivity index (χ3v) is 1.24. The van der Waals surface area contributed by atoms with Gasteiger partial charge < -0.3 is 5.73 Å². The zero-order valence-electron chi connectivity index (χ0n) is 3.66. The second-order valence-electron chi connectivity index (χ2n) is 1.06. The van der Waals surface area contributed by atoms with E-state index in [4.69, 9.17) is 5.73 Å². The summed E-state index contributed by atoms with van der Waals surface area (Å²) in [6.07, 6.45) is 0. The van der Waals surface area contributed by atoms with Gasteiger partial charge in [0, 0.05) is 17.2 Å². The second-order valence-corrected chi connectivity index (χ2v) is 1.84. The van der Waals surface area contributed by atoms with Crippen LogP contribution in [0.3, 0.4) is 0 Å². The monoisotopic (exact) mass is 113 g/mol. The summed E-state index contributed by atoms with van der Waals surface area (Å²) in [4.78, 5) is 0. The fourth-order valence-corrected chi connectivity index (χ4v) is 0.825. The molecule has 1 heterocycles. The smallest absolute Gasteiger partial charge is 0.0422 e. The molecule has 3 heteroatoms. The summed E-state index contributed by atoms with van der Waals surface area (Å²) in [5.41, 5.74) is 6.15. The van der Waals surface area contributed by atoms with Crippen LogP contribution in [0.1, 0.15) is 0 Å². The molecule has 0 fully saturated rings. The summed E-state index contributed by atoms with van der Waals surface area (Å²) < 4.78 is 0. The van der Waals surface area contributed by atoms with Gasteiger partial charge in [-0.25, -0.2) is 0 Å². The van der Waals surface area contributed by atoms with Crippen molar-refractivity contribution in [1.29, 1.82) is 0 Å². The molecule has 0 atom stereocenters. The van der Waals surface area contributed by atoms with E-state index in [-0.39, 0.29) is 6.15 Å². The lowest BCUT2D eigenvalue weighted by Crippen LogP contribution is -1.74. The van der Waals surface area contributed by atoms with Gasteiger partial charge in [0.25, 0.3) is 0 Å². The number of thiophene rings is 1. The Balaban J connectivity index is 0.000000360. The molecule has 0 saturated heterocycles. The molecule has 0 aliphatic heterocycles. The van der Waals surface area contributed by atoms with Gasteiger partial charge in [-0.05, 0) is 11.4 Å². The molecule has 37 valence electrons. The first-order chi connectivity index (χ1) is 2.89. The Morgan fingerprint density at radius 2 is 2.29 bits per heavy atom. The highest BCUT2D eigenvalue weighted by atomic mass is 32.1. The van der Waals surface area contributed by atoms with Crippen molar-refractivity contribution in [2.45, 2.75) is 0 Å². The van der Waals surface area contributed by atoms with E-state index in [1.807, 2.05) is 16.8 Å². The Bertz CT molecular complexity index is 113. The summed E-state index contributed by atoms with van der Waals surface area (Å²) in [6, 6.07) is 1.88. The first-order valence-corrected chi connectivity index (χ1v) is 2.61. The minimum absolute atomic E-state index is 0. The average Bonchev–Trinajstić information content (AvgIpc) is 1.86. The van der Waals surface area contributed by atoms with Crippen molar-refractivity contribution >= 4 is 17.0 Å². The number of hydrogen-bond acceptors (Lipinski definition) is 2. The van der Waals surface area contributed by atoms with Gasteiger partial charge in [0.15, 0.2) is 0 Å². The van der Waals surface area contributed by atoms with Crippen LogP contribution in [-0.4, -0.2) is 0 Å². The van der Waals surface area contributed by atoms with Gasteiger partial charge >= 0.3 is 0 Å². The molecule has 0 bridgehead atoms. The van der Waals surface area contributed by atoms with Crippen molar-refractivity contribution in [3.8, 4) is 0 Å². The standard InChI is InChI=1S/C4H5NS.N/c5-4-1-2-6-3-4;/h1-3H,5H2;. The number of nitrogen functional groups attached to an aromatic ring is 1. The Hall–Kier alpha value is -0.540. The predicted octanol–water partition coefficient (Wildman–Crippen LogP) is 0.850. The van der Waals surface area contributed by atoms with Crippen LogP contribution >= 0.6 is 11.3 Å². The van der Waals surface area contributed by atoms with E-state index < -0.39 is 0 Å². The predicted molar refractivity (Wildman–Crippen MR) is 30.9 cm³/mol. The van der Waals surface area contributed by atoms with Crippen LogP contribution in [0.4, 0.5) is 5.69 Å². The molecule has 0 aromatic carbocycles. The molecule has 3 radical (unpaired) electrons. The maximum atomic E-state index is 5.29. The van der Waals surface area contributed by atoms with Crippen LogP contribution in [0.2, 0.25) is 0 Å². The number of nitrogens with two attached hydrogens (primary N) is 1. The summed E-state index contributed by atoms with van der Waals surface area (Å²) in [5.74, 6) is 0. The summed E-state index contributed by atoms with van der Waals surface area (Å²) in [6.45, 7) is 0. The molecule has 1 aromatic heterocycles. The Labute approximate surface area is 46.5 Å². The van der Waals surface area contributed by atoms with Crippen LogP contribution < -0.4 is 11.9 Å². The minimum atomic E-state index is 0. The largest absolute Gasteiger partial charge is 0.398 e. The third kappa shape index (κ3) is 1.57. The van der Waals surface area contributed by atoms with E-state index in [1.54, 1.807) is 11.3 Å². The molecule has 1 rings (SSSR count). The summed E-state index contributed by atoms with van der Waals surface area (Å²) >= 11 is 1.61. The highest BCUT2D eigenvalue weighted by Crippen LogP contribution is 2.05. The molecular weight excluding hydrogens is 108 g/mol. The fourth-order valence-electron chi connectivity index (χ4n) is 0.275. The Morgan fingerprint density at radius 1 is 1.57 bits per heavy atom. The lowest BCUT2D eigenvalue weighted by molar-refractivity contribution is 1.89. The van der Waals surface area contributed by atoms with Crippen molar-refractivity contribution in [3.63, 3.8) is 0 Å². The number of anilines is 1. The molecular formula is C4H5N2S. The lowest BCUT2D eigenvalue weighted by atomic mass is 10.6. The molecule has 2 N–H and O–H groups in total. The zero-order chi connectivity index (χ0) is 4.41. The van der Waals surface area contributed by atoms with E-state index in [2.05, 4.69) is 0 Å². The molecule has 0 aliphatic rings. The fraction of sp³-hybridized carbons (Fsp3) is 0. The van der Waals surface area contributed by atoms with Gasteiger partial charge in [-0.1, -0.05) is 0 Å². The summed E-state index contributed by atoms with van der Waals surface area (Å²) in [7, 11) is 0. The second kappa shape index (κ2) is 2.60. The van der Waals surface area contributed by atoms with E-state index >= 15 is 0 Å². The maximum absolute atomic E-state index is 5.29. The molecule has 7 heavy (non-hydrogen) atoms. The number of nitrogens with zero attached hydrogens (tertiary/aromatic N) is 1. The van der Waals surface area contributed by atoms with Crippen LogP contribution in [0.15, 0.2) is 16.8 Å². The van der Waals surface area contributed by atoms with E-state index in [0.717, 1.165) is 5.69 Å². The minimum Gasteiger partial charge on any atom is -0.398 e. The normalized spacial score (nSPS) is 7.43. The first kappa shape index (κ1) is 6.46. The molecule has 0 spiro atoms. The average molecular weight is 113 g/mol. The van der Waals surface area contributed by atoms with Crippen molar-refractivity contribution in [3.05, 3.63) is 16.8 Å². The SMILES string of the molecule is Nc1ccsc1.[N]. The van der Waals surface area contributed by atoms with Crippen LogP contribution in [0, 0.1) is 0 Å². The maximum Gasteiger partial charge on any atom is 0.0422 e. The van der Waals surface area contributed by atoms with Gasteiger partial charge in [-0.2, -0.15) is 11.3 Å².